The Morgan fingerprint density at radius 1 is 1.12 bits per heavy atom. The molecule has 0 bridgehead atoms. The summed E-state index contributed by atoms with van der Waals surface area (Å²) in [6.07, 6.45) is 3.38. The molecule has 7 heteroatoms. The first kappa shape index (κ1) is 20.3. The van der Waals surface area contributed by atoms with E-state index in [4.69, 9.17) is 20.8 Å². The number of benzene rings is 2. The van der Waals surface area contributed by atoms with Gasteiger partial charge in [0.15, 0.2) is 5.43 Å². The minimum atomic E-state index is -0.604. The van der Waals surface area contributed by atoms with Crippen molar-refractivity contribution in [1.82, 2.24) is 9.88 Å². The van der Waals surface area contributed by atoms with Crippen LogP contribution in [-0.2, 0) is 6.54 Å². The molecule has 32 heavy (non-hydrogen) atoms. The second-order valence-corrected chi connectivity index (χ2v) is 7.95. The lowest BCUT2D eigenvalue weighted by Crippen LogP contribution is -2.29. The van der Waals surface area contributed by atoms with Gasteiger partial charge >= 0.3 is 0 Å². The van der Waals surface area contributed by atoms with Gasteiger partial charge in [-0.3, -0.25) is 14.6 Å². The van der Waals surface area contributed by atoms with Gasteiger partial charge in [0.1, 0.15) is 11.3 Å². The predicted octanol–water partition coefficient (Wildman–Crippen LogP) is 4.99. The van der Waals surface area contributed by atoms with Gasteiger partial charge in [0.05, 0.1) is 23.6 Å². The number of carbonyl (C=O) groups is 1. The quantitative estimate of drug-likeness (QED) is 0.432. The SMILES string of the molecule is CCOc1ccc(C2c3c(oc4ccc(Cl)cc4c3=O)C(=O)N2Cc2cccnc2)cc1. The number of aromatic nitrogens is 1. The largest absolute Gasteiger partial charge is 0.494 e. The molecule has 3 heterocycles. The molecule has 1 amide bonds. The number of ether oxygens (including phenoxy) is 1. The molecule has 1 aliphatic rings. The minimum Gasteiger partial charge on any atom is -0.494 e. The van der Waals surface area contributed by atoms with Crippen LogP contribution in [-0.4, -0.2) is 22.4 Å². The van der Waals surface area contributed by atoms with E-state index in [9.17, 15) is 9.59 Å². The lowest BCUT2D eigenvalue weighted by atomic mass is 9.98. The monoisotopic (exact) mass is 446 g/mol. The smallest absolute Gasteiger partial charge is 0.291 e. The highest BCUT2D eigenvalue weighted by atomic mass is 35.5. The van der Waals surface area contributed by atoms with Crippen LogP contribution in [0.2, 0.25) is 5.02 Å². The molecule has 2 aromatic carbocycles. The van der Waals surface area contributed by atoms with Crippen molar-refractivity contribution in [2.45, 2.75) is 19.5 Å². The number of carbonyl (C=O) groups excluding carboxylic acids is 1. The molecule has 0 fully saturated rings. The summed E-state index contributed by atoms with van der Waals surface area (Å²) in [7, 11) is 0. The summed E-state index contributed by atoms with van der Waals surface area (Å²) >= 11 is 6.13. The number of nitrogens with zero attached hydrogens (tertiary/aromatic N) is 2. The summed E-state index contributed by atoms with van der Waals surface area (Å²) in [6.45, 7) is 2.75. The summed E-state index contributed by atoms with van der Waals surface area (Å²) in [4.78, 5) is 32.8. The van der Waals surface area contributed by atoms with Crippen LogP contribution in [0.25, 0.3) is 11.0 Å². The summed E-state index contributed by atoms with van der Waals surface area (Å²) in [5, 5.41) is 0.780. The normalized spacial score (nSPS) is 15.2. The molecule has 0 radical (unpaired) electrons. The molecule has 0 saturated heterocycles. The molecule has 1 atom stereocenters. The van der Waals surface area contributed by atoms with Crippen LogP contribution in [0.4, 0.5) is 0 Å². The number of amides is 1. The van der Waals surface area contributed by atoms with Crippen molar-refractivity contribution in [3.8, 4) is 5.75 Å². The van der Waals surface area contributed by atoms with Crippen molar-refractivity contribution >= 4 is 28.5 Å². The van der Waals surface area contributed by atoms with Gasteiger partial charge in [-0.2, -0.15) is 0 Å². The summed E-state index contributed by atoms with van der Waals surface area (Å²) in [5.74, 6) is 0.446. The van der Waals surface area contributed by atoms with Gasteiger partial charge in [0, 0.05) is 24.0 Å². The third-order valence-electron chi connectivity index (χ3n) is 5.51. The fourth-order valence-electron chi connectivity index (χ4n) is 4.10. The van der Waals surface area contributed by atoms with E-state index in [-0.39, 0.29) is 23.6 Å². The lowest BCUT2D eigenvalue weighted by Gasteiger charge is -2.25. The van der Waals surface area contributed by atoms with Gasteiger partial charge in [-0.05, 0) is 54.4 Å². The van der Waals surface area contributed by atoms with Crippen molar-refractivity contribution in [3.05, 3.63) is 105 Å². The molecule has 0 aliphatic carbocycles. The van der Waals surface area contributed by atoms with Crippen molar-refractivity contribution in [2.24, 2.45) is 0 Å². The Balaban J connectivity index is 1.69. The first-order valence-electron chi connectivity index (χ1n) is 10.3. The molecule has 6 nitrogen and oxygen atoms in total. The van der Waals surface area contributed by atoms with Gasteiger partial charge < -0.3 is 14.1 Å². The number of rotatable bonds is 5. The number of pyridine rings is 1. The van der Waals surface area contributed by atoms with Crippen molar-refractivity contribution in [1.29, 1.82) is 0 Å². The Kier molecular flexibility index (Phi) is 5.15. The molecule has 2 aromatic heterocycles. The zero-order valence-electron chi connectivity index (χ0n) is 17.2. The second kappa shape index (κ2) is 8.13. The maximum absolute atomic E-state index is 13.5. The number of hydrogen-bond donors (Lipinski definition) is 0. The van der Waals surface area contributed by atoms with Crippen LogP contribution in [0.5, 0.6) is 5.75 Å². The first-order chi connectivity index (χ1) is 15.6. The van der Waals surface area contributed by atoms with E-state index in [0.717, 1.165) is 16.9 Å². The van der Waals surface area contributed by atoms with E-state index in [2.05, 4.69) is 4.98 Å². The molecular formula is C25H19ClN2O4. The highest BCUT2D eigenvalue weighted by molar-refractivity contribution is 6.31. The van der Waals surface area contributed by atoms with E-state index in [1.54, 1.807) is 35.5 Å². The van der Waals surface area contributed by atoms with Gasteiger partial charge in [-0.1, -0.05) is 29.8 Å². The summed E-state index contributed by atoms with van der Waals surface area (Å²) in [6, 6.07) is 15.3. The van der Waals surface area contributed by atoms with Gasteiger partial charge in [-0.25, -0.2) is 0 Å². The van der Waals surface area contributed by atoms with E-state index >= 15 is 0 Å². The van der Waals surface area contributed by atoms with Crippen molar-refractivity contribution in [3.63, 3.8) is 0 Å². The fourth-order valence-corrected chi connectivity index (χ4v) is 4.28. The van der Waals surface area contributed by atoms with Crippen LogP contribution in [0.15, 0.2) is 76.2 Å². The molecule has 4 aromatic rings. The molecule has 1 unspecified atom stereocenters. The van der Waals surface area contributed by atoms with Crippen molar-refractivity contribution < 1.29 is 13.9 Å². The average Bonchev–Trinajstić information content (AvgIpc) is 3.08. The molecule has 0 spiro atoms. The maximum Gasteiger partial charge on any atom is 0.291 e. The zero-order chi connectivity index (χ0) is 22.2. The Hall–Kier alpha value is -3.64. The third-order valence-corrected chi connectivity index (χ3v) is 5.75. The molecular weight excluding hydrogens is 428 g/mol. The number of halogens is 1. The molecule has 0 saturated carbocycles. The van der Waals surface area contributed by atoms with Crippen LogP contribution < -0.4 is 10.2 Å². The van der Waals surface area contributed by atoms with Gasteiger partial charge in [-0.15, -0.1) is 0 Å². The van der Waals surface area contributed by atoms with Gasteiger partial charge in [0.25, 0.3) is 5.91 Å². The third kappa shape index (κ3) is 3.42. The topological polar surface area (TPSA) is 72.6 Å². The molecule has 160 valence electrons. The Labute approximate surface area is 189 Å². The van der Waals surface area contributed by atoms with Crippen LogP contribution in [0.1, 0.15) is 40.2 Å². The first-order valence-corrected chi connectivity index (χ1v) is 10.6. The summed E-state index contributed by atoms with van der Waals surface area (Å²) in [5.41, 5.74) is 2.03. The predicted molar refractivity (Wildman–Crippen MR) is 121 cm³/mol. The van der Waals surface area contributed by atoms with Crippen LogP contribution in [0.3, 0.4) is 0 Å². The molecule has 0 N–H and O–H groups in total. The van der Waals surface area contributed by atoms with E-state index in [1.807, 2.05) is 43.3 Å². The zero-order valence-corrected chi connectivity index (χ0v) is 18.0. The molecule has 1 aliphatic heterocycles. The van der Waals surface area contributed by atoms with Gasteiger partial charge in [0.2, 0.25) is 5.76 Å². The minimum absolute atomic E-state index is 0.0626. The lowest BCUT2D eigenvalue weighted by molar-refractivity contribution is 0.0714. The standard InChI is InChI=1S/C25H19ClN2O4/c1-2-31-18-8-5-16(6-9-18)22-21-23(29)19-12-17(26)7-10-20(19)32-24(21)25(30)28(22)14-15-4-3-11-27-13-15/h3-13,22H,2,14H2,1H3. The summed E-state index contributed by atoms with van der Waals surface area (Å²) < 4.78 is 11.5. The Morgan fingerprint density at radius 3 is 2.66 bits per heavy atom. The molecule has 5 rings (SSSR count). The van der Waals surface area contributed by atoms with Crippen molar-refractivity contribution in [2.75, 3.05) is 6.61 Å². The average molecular weight is 447 g/mol. The van der Waals surface area contributed by atoms with E-state index in [1.165, 1.54) is 0 Å². The maximum atomic E-state index is 13.5. The Morgan fingerprint density at radius 2 is 1.94 bits per heavy atom. The van der Waals surface area contributed by atoms with E-state index < -0.39 is 6.04 Å². The number of hydrogen-bond acceptors (Lipinski definition) is 5. The van der Waals surface area contributed by atoms with E-state index in [0.29, 0.717) is 28.2 Å². The van der Waals surface area contributed by atoms with Crippen LogP contribution >= 0.6 is 11.6 Å². The Bertz CT molecular complexity index is 1370. The number of fused-ring (bicyclic) bond motifs is 2. The highest BCUT2D eigenvalue weighted by Gasteiger charge is 2.42. The fraction of sp³-hybridized carbons (Fsp3) is 0.160. The highest BCUT2D eigenvalue weighted by Crippen LogP contribution is 2.39. The van der Waals surface area contributed by atoms with Crippen LogP contribution in [0, 0.1) is 0 Å². The second-order valence-electron chi connectivity index (χ2n) is 7.51.